The van der Waals surface area contributed by atoms with Crippen LogP contribution in [0.2, 0.25) is 0 Å². The molecule has 1 aromatic rings. The largest absolute Gasteiger partial charge is 0.573 e. The molecule has 0 heterocycles. The van der Waals surface area contributed by atoms with E-state index in [-0.39, 0.29) is 11.2 Å². The van der Waals surface area contributed by atoms with Gasteiger partial charge in [-0.15, -0.1) is 31.4 Å². The second-order valence-corrected chi connectivity index (χ2v) is 4.63. The molecule has 0 aliphatic heterocycles. The Morgan fingerprint density at radius 2 is 1.83 bits per heavy atom. The van der Waals surface area contributed by atoms with Crippen molar-refractivity contribution in [1.29, 1.82) is 0 Å². The van der Waals surface area contributed by atoms with Crippen LogP contribution >= 0.6 is 11.6 Å². The molecule has 0 radical (unpaired) electrons. The molecule has 1 atom stereocenters. The van der Waals surface area contributed by atoms with Crippen molar-refractivity contribution in [1.82, 2.24) is 0 Å². The van der Waals surface area contributed by atoms with Crippen LogP contribution in [0.4, 0.5) is 13.2 Å². The maximum Gasteiger partial charge on any atom is 0.573 e. The van der Waals surface area contributed by atoms with Gasteiger partial charge in [-0.25, -0.2) is 0 Å². The first-order valence-corrected chi connectivity index (χ1v) is 5.86. The van der Waals surface area contributed by atoms with Gasteiger partial charge in [0.1, 0.15) is 5.75 Å². The monoisotopic (exact) mass is 278 g/mol. The molecule has 1 nitrogen and oxygen atoms in total. The predicted molar refractivity (Wildman–Crippen MR) is 65.9 cm³/mol. The summed E-state index contributed by atoms with van der Waals surface area (Å²) in [4.78, 5) is 0. The maximum atomic E-state index is 12.0. The zero-order valence-corrected chi connectivity index (χ0v) is 10.7. The summed E-state index contributed by atoms with van der Waals surface area (Å²) in [5, 5.41) is 0. The van der Waals surface area contributed by atoms with Crippen molar-refractivity contribution in [2.45, 2.75) is 19.7 Å². The molecule has 0 N–H and O–H groups in total. The average molecular weight is 279 g/mol. The predicted octanol–water partition coefficient (Wildman–Crippen LogP) is 4.56. The second kappa shape index (κ2) is 5.65. The highest BCUT2D eigenvalue weighted by Crippen LogP contribution is 2.27. The molecule has 5 heteroatoms. The number of hydrogen-bond acceptors (Lipinski definition) is 1. The number of ether oxygens (including phenoxy) is 1. The number of halogens is 4. The van der Waals surface area contributed by atoms with Gasteiger partial charge in [-0.1, -0.05) is 25.1 Å². The molecule has 0 aliphatic carbocycles. The summed E-state index contributed by atoms with van der Waals surface area (Å²) in [6, 6.07) is 5.77. The van der Waals surface area contributed by atoms with Crippen LogP contribution in [0.1, 0.15) is 12.5 Å². The van der Waals surface area contributed by atoms with Crippen molar-refractivity contribution in [2.75, 3.05) is 5.88 Å². The van der Waals surface area contributed by atoms with Crippen LogP contribution in [0.3, 0.4) is 0 Å². The standard InChI is InChI=1S/C13H14ClF3O/c1-3-12(2,9-14)8-10-4-6-11(7-5-10)18-13(15,16)17/h3-7H,1,8-9H2,2H3. The molecule has 18 heavy (non-hydrogen) atoms. The van der Waals surface area contributed by atoms with E-state index in [1.54, 1.807) is 18.2 Å². The molecule has 0 spiro atoms. The summed E-state index contributed by atoms with van der Waals surface area (Å²) in [5.41, 5.74) is 0.612. The Balaban J connectivity index is 2.74. The van der Waals surface area contributed by atoms with Gasteiger partial charge in [0.25, 0.3) is 0 Å². The average Bonchev–Trinajstić information content (AvgIpc) is 2.30. The first-order valence-electron chi connectivity index (χ1n) is 5.32. The smallest absolute Gasteiger partial charge is 0.406 e. The van der Waals surface area contributed by atoms with Gasteiger partial charge in [-0.2, -0.15) is 0 Å². The van der Waals surface area contributed by atoms with Crippen molar-refractivity contribution in [3.05, 3.63) is 42.5 Å². The number of rotatable bonds is 5. The van der Waals surface area contributed by atoms with Crippen LogP contribution in [0.25, 0.3) is 0 Å². The molecule has 1 aromatic carbocycles. The van der Waals surface area contributed by atoms with E-state index in [4.69, 9.17) is 11.6 Å². The molecule has 1 unspecified atom stereocenters. The van der Waals surface area contributed by atoms with Crippen LogP contribution in [0, 0.1) is 5.41 Å². The van der Waals surface area contributed by atoms with Crippen molar-refractivity contribution < 1.29 is 17.9 Å². The molecular formula is C13H14ClF3O. The molecule has 0 saturated heterocycles. The van der Waals surface area contributed by atoms with Gasteiger partial charge in [0.2, 0.25) is 0 Å². The minimum atomic E-state index is -4.66. The zero-order valence-electron chi connectivity index (χ0n) is 9.93. The molecule has 0 aromatic heterocycles. The molecule has 100 valence electrons. The Kier molecular flexibility index (Phi) is 4.68. The van der Waals surface area contributed by atoms with Crippen molar-refractivity contribution in [3.63, 3.8) is 0 Å². The zero-order chi connectivity index (χ0) is 13.8. The van der Waals surface area contributed by atoms with Crippen LogP contribution in [0.5, 0.6) is 5.75 Å². The Hall–Kier alpha value is -1.16. The second-order valence-electron chi connectivity index (χ2n) is 4.36. The van der Waals surface area contributed by atoms with Gasteiger partial charge >= 0.3 is 6.36 Å². The fourth-order valence-electron chi connectivity index (χ4n) is 1.45. The third kappa shape index (κ3) is 4.61. The van der Waals surface area contributed by atoms with Gasteiger partial charge in [0, 0.05) is 11.3 Å². The van der Waals surface area contributed by atoms with Crippen molar-refractivity contribution in [2.24, 2.45) is 5.41 Å². The lowest BCUT2D eigenvalue weighted by molar-refractivity contribution is -0.274. The van der Waals surface area contributed by atoms with E-state index in [0.717, 1.165) is 5.56 Å². The summed E-state index contributed by atoms with van der Waals surface area (Å²) in [5.74, 6) is 0.175. The number of allylic oxidation sites excluding steroid dienone is 1. The minimum absolute atomic E-state index is 0.225. The molecule has 0 fully saturated rings. The van der Waals surface area contributed by atoms with Crippen LogP contribution in [-0.4, -0.2) is 12.2 Å². The molecule has 0 aliphatic rings. The summed E-state index contributed by atoms with van der Waals surface area (Å²) in [6.45, 7) is 5.65. The highest BCUT2D eigenvalue weighted by Gasteiger charge is 2.31. The summed E-state index contributed by atoms with van der Waals surface area (Å²) in [7, 11) is 0. The normalized spacial score (nSPS) is 14.9. The minimum Gasteiger partial charge on any atom is -0.406 e. The lowest BCUT2D eigenvalue weighted by Gasteiger charge is -2.22. The highest BCUT2D eigenvalue weighted by molar-refractivity contribution is 6.18. The van der Waals surface area contributed by atoms with Gasteiger partial charge in [-0.3, -0.25) is 0 Å². The number of alkyl halides is 4. The van der Waals surface area contributed by atoms with Crippen molar-refractivity contribution in [3.8, 4) is 5.75 Å². The van der Waals surface area contributed by atoms with Gasteiger partial charge < -0.3 is 4.74 Å². The number of benzene rings is 1. The lowest BCUT2D eigenvalue weighted by atomic mass is 9.86. The van der Waals surface area contributed by atoms with Gasteiger partial charge in [0.05, 0.1) is 0 Å². The fourth-order valence-corrected chi connectivity index (χ4v) is 1.65. The summed E-state index contributed by atoms with van der Waals surface area (Å²) >= 11 is 5.83. The van der Waals surface area contributed by atoms with Crippen molar-refractivity contribution >= 4 is 11.6 Å². The van der Waals surface area contributed by atoms with Gasteiger partial charge in [0.15, 0.2) is 0 Å². The first kappa shape index (κ1) is 14.9. The fraction of sp³-hybridized carbons (Fsp3) is 0.385. The molecule has 0 amide bonds. The molecule has 0 saturated carbocycles. The quantitative estimate of drug-likeness (QED) is 0.567. The van der Waals surface area contributed by atoms with Crippen LogP contribution in [-0.2, 0) is 6.42 Å². The van der Waals surface area contributed by atoms with E-state index in [2.05, 4.69) is 11.3 Å². The van der Waals surface area contributed by atoms with E-state index >= 15 is 0 Å². The third-order valence-electron chi connectivity index (χ3n) is 2.56. The van der Waals surface area contributed by atoms with E-state index in [1.807, 2.05) is 6.92 Å². The molecule has 0 bridgehead atoms. The molecular weight excluding hydrogens is 265 g/mol. The van der Waals surface area contributed by atoms with Gasteiger partial charge in [-0.05, 0) is 24.1 Å². The Morgan fingerprint density at radius 1 is 1.28 bits per heavy atom. The highest BCUT2D eigenvalue weighted by atomic mass is 35.5. The van der Waals surface area contributed by atoms with Crippen LogP contribution in [0.15, 0.2) is 36.9 Å². The first-order chi connectivity index (χ1) is 8.28. The number of hydrogen-bond donors (Lipinski definition) is 0. The SMILES string of the molecule is C=CC(C)(CCl)Cc1ccc(OC(F)(F)F)cc1. The van der Waals surface area contributed by atoms with Crippen LogP contribution < -0.4 is 4.74 Å². The van der Waals surface area contributed by atoms with E-state index in [9.17, 15) is 13.2 Å². The third-order valence-corrected chi connectivity index (χ3v) is 3.17. The summed E-state index contributed by atoms with van der Waals surface area (Å²) < 4.78 is 39.7. The maximum absolute atomic E-state index is 12.0. The van der Waals surface area contributed by atoms with E-state index < -0.39 is 6.36 Å². The van der Waals surface area contributed by atoms with E-state index in [1.165, 1.54) is 12.1 Å². The Labute approximate surface area is 109 Å². The Bertz CT molecular complexity index is 400. The topological polar surface area (TPSA) is 9.23 Å². The molecule has 1 rings (SSSR count). The van der Waals surface area contributed by atoms with E-state index in [0.29, 0.717) is 12.3 Å². The summed E-state index contributed by atoms with van der Waals surface area (Å²) in [6.07, 6.45) is -2.29. The Morgan fingerprint density at radius 3 is 2.22 bits per heavy atom. The lowest BCUT2D eigenvalue weighted by Crippen LogP contribution is -2.19.